The summed E-state index contributed by atoms with van der Waals surface area (Å²) in [6.45, 7) is 2.38. The molecule has 0 atom stereocenters. The quantitative estimate of drug-likeness (QED) is 0.848. The van der Waals surface area contributed by atoms with E-state index in [1.54, 1.807) is 13.0 Å². The van der Waals surface area contributed by atoms with Crippen molar-refractivity contribution in [3.63, 3.8) is 0 Å². The van der Waals surface area contributed by atoms with Gasteiger partial charge in [-0.3, -0.25) is 0 Å². The van der Waals surface area contributed by atoms with Crippen molar-refractivity contribution in [2.45, 2.75) is 37.2 Å². The molecule has 1 saturated carbocycles. The Bertz CT molecular complexity index is 724. The smallest absolute Gasteiger partial charge is 0.265 e. The van der Waals surface area contributed by atoms with E-state index in [2.05, 4.69) is 20.0 Å². The zero-order chi connectivity index (χ0) is 14.9. The molecule has 0 bridgehead atoms. The molecule has 6 nitrogen and oxygen atoms in total. The first-order valence-corrected chi connectivity index (χ1v) is 9.03. The molecule has 0 spiro atoms. The van der Waals surface area contributed by atoms with Gasteiger partial charge in [-0.25, -0.2) is 23.1 Å². The van der Waals surface area contributed by atoms with Crippen LogP contribution in [0.15, 0.2) is 28.7 Å². The van der Waals surface area contributed by atoms with Crippen LogP contribution in [0.5, 0.6) is 0 Å². The molecule has 1 aliphatic rings. The highest BCUT2D eigenvalue weighted by atomic mass is 32.2. The molecule has 2 N–H and O–H groups in total. The van der Waals surface area contributed by atoms with Crippen molar-refractivity contribution >= 4 is 27.3 Å². The number of anilines is 1. The normalized spacial score (nSPS) is 15.1. The molecular formula is C13H16N4O2S2. The van der Waals surface area contributed by atoms with Gasteiger partial charge >= 0.3 is 0 Å². The van der Waals surface area contributed by atoms with Crippen LogP contribution in [0.2, 0.25) is 0 Å². The van der Waals surface area contributed by atoms with E-state index in [1.165, 1.54) is 36.6 Å². The number of thiophene rings is 1. The summed E-state index contributed by atoms with van der Waals surface area (Å²) < 4.78 is 27.5. The summed E-state index contributed by atoms with van der Waals surface area (Å²) in [6.07, 6.45) is 5.34. The molecular weight excluding hydrogens is 308 g/mol. The Morgan fingerprint density at radius 2 is 2.05 bits per heavy atom. The van der Waals surface area contributed by atoms with Crippen LogP contribution >= 0.6 is 11.3 Å². The first-order chi connectivity index (χ1) is 10.1. The van der Waals surface area contributed by atoms with E-state index >= 15 is 0 Å². The average molecular weight is 324 g/mol. The van der Waals surface area contributed by atoms with E-state index in [9.17, 15) is 8.42 Å². The minimum absolute atomic E-state index is 0.0872. The predicted molar refractivity (Wildman–Crippen MR) is 81.8 cm³/mol. The molecule has 2 heterocycles. The molecule has 0 amide bonds. The van der Waals surface area contributed by atoms with Gasteiger partial charge in [0.25, 0.3) is 10.0 Å². The van der Waals surface area contributed by atoms with Crippen molar-refractivity contribution in [1.82, 2.24) is 15.3 Å². The highest BCUT2D eigenvalue weighted by molar-refractivity contribution is 7.93. The van der Waals surface area contributed by atoms with Crippen LogP contribution in [0, 0.1) is 6.92 Å². The lowest BCUT2D eigenvalue weighted by molar-refractivity contribution is 0.597. The zero-order valence-electron chi connectivity index (χ0n) is 11.5. The van der Waals surface area contributed by atoms with Crippen molar-refractivity contribution in [2.75, 3.05) is 4.72 Å². The average Bonchev–Trinajstić information content (AvgIpc) is 3.19. The van der Waals surface area contributed by atoms with Gasteiger partial charge in [0.05, 0.1) is 0 Å². The maximum atomic E-state index is 12.6. The summed E-state index contributed by atoms with van der Waals surface area (Å²) in [5.41, 5.74) is 0.746. The summed E-state index contributed by atoms with van der Waals surface area (Å²) in [5, 5.41) is 5.21. The molecule has 0 saturated heterocycles. The number of nitrogens with one attached hydrogen (secondary N) is 2. The molecule has 8 heteroatoms. The molecule has 2 aromatic rings. The summed E-state index contributed by atoms with van der Waals surface area (Å²) in [5.74, 6) is 0.0872. The predicted octanol–water partition coefficient (Wildman–Crippen LogP) is 1.90. The van der Waals surface area contributed by atoms with Gasteiger partial charge < -0.3 is 5.32 Å². The van der Waals surface area contributed by atoms with E-state index in [-0.39, 0.29) is 5.95 Å². The molecule has 0 aliphatic heterocycles. The van der Waals surface area contributed by atoms with E-state index in [4.69, 9.17) is 0 Å². The molecule has 21 heavy (non-hydrogen) atoms. The Labute approximate surface area is 127 Å². The molecule has 3 rings (SSSR count). The second-order valence-electron chi connectivity index (χ2n) is 5.00. The number of aryl methyl sites for hydroxylation is 1. The SMILES string of the molecule is Cc1csc(CNC2CC2)c1S(=O)(=O)Nc1ncccn1. The third-order valence-electron chi connectivity index (χ3n) is 3.18. The number of hydrogen-bond donors (Lipinski definition) is 2. The van der Waals surface area contributed by atoms with Gasteiger partial charge in [0.1, 0.15) is 4.90 Å². The second kappa shape index (κ2) is 5.70. The van der Waals surface area contributed by atoms with Gasteiger partial charge in [-0.1, -0.05) is 0 Å². The lowest BCUT2D eigenvalue weighted by Gasteiger charge is -2.09. The van der Waals surface area contributed by atoms with E-state index in [1.807, 2.05) is 5.38 Å². The third kappa shape index (κ3) is 3.39. The molecule has 2 aromatic heterocycles. The maximum absolute atomic E-state index is 12.6. The lowest BCUT2D eigenvalue weighted by atomic mass is 10.3. The second-order valence-corrected chi connectivity index (χ2v) is 7.59. The Morgan fingerprint density at radius 3 is 2.71 bits per heavy atom. The monoisotopic (exact) mass is 324 g/mol. The number of hydrogen-bond acceptors (Lipinski definition) is 6. The van der Waals surface area contributed by atoms with Crippen LogP contribution < -0.4 is 10.0 Å². The van der Waals surface area contributed by atoms with Crippen LogP contribution in [0.3, 0.4) is 0 Å². The number of nitrogens with zero attached hydrogens (tertiary/aromatic N) is 2. The summed E-state index contributed by atoms with van der Waals surface area (Å²) >= 11 is 1.46. The van der Waals surface area contributed by atoms with Gasteiger partial charge in [-0.15, -0.1) is 11.3 Å². The molecule has 1 aliphatic carbocycles. The highest BCUT2D eigenvalue weighted by Gasteiger charge is 2.26. The number of rotatable bonds is 6. The van der Waals surface area contributed by atoms with Crippen molar-refractivity contribution < 1.29 is 8.42 Å². The van der Waals surface area contributed by atoms with E-state index in [0.717, 1.165) is 10.4 Å². The Balaban J connectivity index is 1.85. The standard InChI is InChI=1S/C13H16N4O2S2/c1-9-8-20-11(7-16-10-3-4-10)12(9)21(18,19)17-13-14-5-2-6-15-13/h2,5-6,8,10,16H,3-4,7H2,1H3,(H,14,15,17). The Morgan fingerprint density at radius 1 is 1.33 bits per heavy atom. The van der Waals surface area contributed by atoms with Gasteiger partial charge in [0.2, 0.25) is 5.95 Å². The Kier molecular flexibility index (Phi) is 3.92. The maximum Gasteiger partial charge on any atom is 0.265 e. The molecule has 0 unspecified atom stereocenters. The van der Waals surface area contributed by atoms with Crippen LogP contribution in [-0.4, -0.2) is 24.4 Å². The molecule has 0 aromatic carbocycles. The van der Waals surface area contributed by atoms with Gasteiger partial charge in [0, 0.05) is 29.9 Å². The van der Waals surface area contributed by atoms with Crippen molar-refractivity contribution in [2.24, 2.45) is 0 Å². The van der Waals surface area contributed by atoms with E-state index < -0.39 is 10.0 Å². The van der Waals surface area contributed by atoms with Crippen LogP contribution in [0.25, 0.3) is 0 Å². The first-order valence-electron chi connectivity index (χ1n) is 6.66. The fraction of sp³-hybridized carbons (Fsp3) is 0.385. The largest absolute Gasteiger partial charge is 0.309 e. The van der Waals surface area contributed by atoms with Crippen molar-refractivity contribution in [1.29, 1.82) is 0 Å². The summed E-state index contributed by atoms with van der Waals surface area (Å²) in [7, 11) is -3.66. The topological polar surface area (TPSA) is 84.0 Å². The lowest BCUT2D eigenvalue weighted by Crippen LogP contribution is -2.20. The van der Waals surface area contributed by atoms with Gasteiger partial charge in [-0.2, -0.15) is 0 Å². The van der Waals surface area contributed by atoms with Gasteiger partial charge in [-0.05, 0) is 36.8 Å². The Hall–Kier alpha value is -1.51. The molecule has 1 fully saturated rings. The minimum Gasteiger partial charge on any atom is -0.309 e. The number of sulfonamides is 1. The highest BCUT2D eigenvalue weighted by Crippen LogP contribution is 2.29. The fourth-order valence-corrected chi connectivity index (χ4v) is 4.74. The van der Waals surface area contributed by atoms with Crippen molar-refractivity contribution in [3.05, 3.63) is 34.3 Å². The summed E-state index contributed by atoms with van der Waals surface area (Å²) in [6, 6.07) is 2.17. The van der Waals surface area contributed by atoms with Crippen molar-refractivity contribution in [3.8, 4) is 0 Å². The number of aromatic nitrogens is 2. The third-order valence-corrected chi connectivity index (χ3v) is 5.97. The minimum atomic E-state index is -3.66. The summed E-state index contributed by atoms with van der Waals surface area (Å²) in [4.78, 5) is 8.97. The van der Waals surface area contributed by atoms with Gasteiger partial charge in [0.15, 0.2) is 0 Å². The molecule has 112 valence electrons. The van der Waals surface area contributed by atoms with Crippen LogP contribution in [0.4, 0.5) is 5.95 Å². The fourth-order valence-electron chi connectivity index (χ4n) is 2.02. The van der Waals surface area contributed by atoms with Crippen LogP contribution in [-0.2, 0) is 16.6 Å². The first kappa shape index (κ1) is 14.4. The van der Waals surface area contributed by atoms with Crippen LogP contribution in [0.1, 0.15) is 23.3 Å². The zero-order valence-corrected chi connectivity index (χ0v) is 13.2. The van der Waals surface area contributed by atoms with E-state index in [0.29, 0.717) is 17.5 Å². The molecule has 0 radical (unpaired) electrons.